The summed E-state index contributed by atoms with van der Waals surface area (Å²) in [5, 5.41) is 2.86. The van der Waals surface area contributed by atoms with Gasteiger partial charge in [0.25, 0.3) is 10.0 Å². The Bertz CT molecular complexity index is 680. The predicted octanol–water partition coefficient (Wildman–Crippen LogP) is 1.84. The van der Waals surface area contributed by atoms with Crippen molar-refractivity contribution in [2.24, 2.45) is 5.73 Å². The average Bonchev–Trinajstić information content (AvgIpc) is 3.21. The third-order valence-corrected chi connectivity index (χ3v) is 8.18. The van der Waals surface area contributed by atoms with Crippen LogP contribution in [0.25, 0.3) is 0 Å². The van der Waals surface area contributed by atoms with Crippen LogP contribution in [0.1, 0.15) is 44.4 Å². The minimum absolute atomic E-state index is 0.249. The van der Waals surface area contributed by atoms with Crippen molar-refractivity contribution in [1.29, 1.82) is 0 Å². The number of rotatable bonds is 7. The summed E-state index contributed by atoms with van der Waals surface area (Å²) >= 11 is 1.24. The Morgan fingerprint density at radius 1 is 1.42 bits per heavy atom. The number of hydrogen-bond donors (Lipinski definition) is 2. The van der Waals surface area contributed by atoms with E-state index >= 15 is 0 Å². The molecule has 1 amide bonds. The molecule has 1 fully saturated rings. The van der Waals surface area contributed by atoms with Crippen LogP contribution in [0.5, 0.6) is 0 Å². The molecule has 8 heteroatoms. The average molecular weight is 374 g/mol. The minimum Gasteiger partial charge on any atom is -0.353 e. The third-order valence-electron chi connectivity index (χ3n) is 4.81. The zero-order valence-corrected chi connectivity index (χ0v) is 16.2. The van der Waals surface area contributed by atoms with Crippen LogP contribution in [0.3, 0.4) is 0 Å². The Hall–Kier alpha value is -0.960. The normalized spacial score (nSPS) is 19.6. The van der Waals surface area contributed by atoms with E-state index in [1.165, 1.54) is 15.6 Å². The molecular weight excluding hydrogens is 346 g/mol. The molecule has 1 saturated heterocycles. The second kappa shape index (κ2) is 7.51. The van der Waals surface area contributed by atoms with Crippen LogP contribution in [0.2, 0.25) is 0 Å². The first-order chi connectivity index (χ1) is 11.2. The third kappa shape index (κ3) is 3.99. The van der Waals surface area contributed by atoms with Crippen molar-refractivity contribution in [1.82, 2.24) is 9.62 Å². The maximum Gasteiger partial charge on any atom is 0.253 e. The Balaban J connectivity index is 2.11. The largest absolute Gasteiger partial charge is 0.353 e. The minimum atomic E-state index is -3.62. The molecule has 1 aromatic rings. The van der Waals surface area contributed by atoms with Crippen LogP contribution in [-0.2, 0) is 14.8 Å². The summed E-state index contributed by atoms with van der Waals surface area (Å²) in [6, 6.07) is 2.76. The molecule has 1 aromatic heterocycles. The lowest BCUT2D eigenvalue weighted by molar-refractivity contribution is -0.124. The van der Waals surface area contributed by atoms with E-state index in [0.717, 1.165) is 17.7 Å². The quantitative estimate of drug-likeness (QED) is 0.763. The van der Waals surface area contributed by atoms with Gasteiger partial charge in [-0.1, -0.05) is 13.8 Å². The molecule has 2 heterocycles. The number of amides is 1. The number of thiophene rings is 1. The molecule has 0 spiro atoms. The summed E-state index contributed by atoms with van der Waals surface area (Å²) in [6.45, 7) is 6.59. The first kappa shape index (κ1) is 19.4. The highest BCUT2D eigenvalue weighted by molar-refractivity contribution is 7.91. The fourth-order valence-corrected chi connectivity index (χ4v) is 5.91. The van der Waals surface area contributed by atoms with Gasteiger partial charge >= 0.3 is 0 Å². The van der Waals surface area contributed by atoms with Gasteiger partial charge < -0.3 is 11.1 Å². The zero-order valence-electron chi connectivity index (χ0n) is 14.5. The molecule has 1 aliphatic rings. The molecule has 1 atom stereocenters. The molecule has 6 nitrogen and oxygen atoms in total. The van der Waals surface area contributed by atoms with Crippen molar-refractivity contribution < 1.29 is 13.2 Å². The summed E-state index contributed by atoms with van der Waals surface area (Å²) < 4.78 is 27.3. The number of aryl methyl sites for hydroxylation is 1. The van der Waals surface area contributed by atoms with Crippen molar-refractivity contribution in [3.05, 3.63) is 17.0 Å². The highest BCUT2D eigenvalue weighted by atomic mass is 32.2. The molecule has 0 saturated carbocycles. The highest BCUT2D eigenvalue weighted by Crippen LogP contribution is 2.30. The molecule has 0 aromatic carbocycles. The Kier molecular flexibility index (Phi) is 6.06. The molecule has 24 heavy (non-hydrogen) atoms. The maximum atomic E-state index is 12.8. The molecule has 1 aliphatic heterocycles. The molecule has 136 valence electrons. The highest BCUT2D eigenvalue weighted by Gasteiger charge is 2.40. The monoisotopic (exact) mass is 373 g/mol. The Morgan fingerprint density at radius 3 is 2.62 bits per heavy atom. The number of nitrogens with one attached hydrogen (secondary N) is 1. The number of carbonyl (C=O) groups excluding carboxylic acids is 1. The number of nitrogens with zero attached hydrogens (tertiary/aromatic N) is 1. The van der Waals surface area contributed by atoms with Crippen LogP contribution in [0, 0.1) is 6.92 Å². The van der Waals surface area contributed by atoms with Gasteiger partial charge in [0.1, 0.15) is 10.3 Å². The number of nitrogens with two attached hydrogens (primary N) is 1. The maximum absolute atomic E-state index is 12.8. The lowest BCUT2D eigenvalue weighted by Crippen LogP contribution is -2.53. The number of carbonyl (C=O) groups is 1. The summed E-state index contributed by atoms with van der Waals surface area (Å²) in [5.74, 6) is -0.249. The summed E-state index contributed by atoms with van der Waals surface area (Å²) in [5.41, 5.74) is 5.77. The van der Waals surface area contributed by atoms with Gasteiger partial charge in [0.15, 0.2) is 0 Å². The van der Waals surface area contributed by atoms with E-state index in [-0.39, 0.29) is 5.91 Å². The standard InChI is InChI=1S/C16H27N3O3S2/c1-4-16(17,5-2)11-18-15(20)13-7-6-10-19(13)24(21,22)14-9-8-12(3)23-14/h8-9,13H,4-7,10-11,17H2,1-3H3,(H,18,20). The summed E-state index contributed by atoms with van der Waals surface area (Å²) in [4.78, 5) is 13.5. The fraction of sp³-hybridized carbons (Fsp3) is 0.688. The lowest BCUT2D eigenvalue weighted by atomic mass is 9.94. The van der Waals surface area contributed by atoms with Gasteiger partial charge in [-0.3, -0.25) is 4.79 Å². The second-order valence-electron chi connectivity index (χ2n) is 6.43. The van der Waals surface area contributed by atoms with Gasteiger partial charge in [-0.25, -0.2) is 8.42 Å². The second-order valence-corrected chi connectivity index (χ2v) is 9.83. The van der Waals surface area contributed by atoms with Crippen LogP contribution >= 0.6 is 11.3 Å². The Morgan fingerprint density at radius 2 is 2.08 bits per heavy atom. The predicted molar refractivity (Wildman–Crippen MR) is 96.5 cm³/mol. The van der Waals surface area contributed by atoms with Gasteiger partial charge in [0.05, 0.1) is 0 Å². The van der Waals surface area contributed by atoms with E-state index < -0.39 is 21.6 Å². The SMILES string of the molecule is CCC(N)(CC)CNC(=O)C1CCCN1S(=O)(=O)c1ccc(C)s1. The van der Waals surface area contributed by atoms with Gasteiger partial charge in [0, 0.05) is 23.5 Å². The first-order valence-electron chi connectivity index (χ1n) is 8.38. The molecule has 0 bridgehead atoms. The molecular formula is C16H27N3O3S2. The van der Waals surface area contributed by atoms with Gasteiger partial charge in [-0.15, -0.1) is 11.3 Å². The topological polar surface area (TPSA) is 92.5 Å². The van der Waals surface area contributed by atoms with Crippen molar-refractivity contribution >= 4 is 27.3 Å². The summed E-state index contributed by atoms with van der Waals surface area (Å²) in [6.07, 6.45) is 2.75. The van der Waals surface area contributed by atoms with Crippen molar-refractivity contribution in [2.45, 2.75) is 62.2 Å². The molecule has 0 radical (unpaired) electrons. The lowest BCUT2D eigenvalue weighted by Gasteiger charge is -2.29. The van der Waals surface area contributed by atoms with E-state index in [1.807, 2.05) is 20.8 Å². The first-order valence-corrected chi connectivity index (χ1v) is 10.6. The zero-order chi connectivity index (χ0) is 18.0. The molecule has 3 N–H and O–H groups in total. The van der Waals surface area contributed by atoms with E-state index in [9.17, 15) is 13.2 Å². The molecule has 2 rings (SSSR count). The van der Waals surface area contributed by atoms with Crippen molar-refractivity contribution in [2.75, 3.05) is 13.1 Å². The Labute approximate surface area is 148 Å². The van der Waals surface area contributed by atoms with E-state index in [2.05, 4.69) is 5.32 Å². The van der Waals surface area contributed by atoms with Gasteiger partial charge in [-0.2, -0.15) is 4.31 Å². The van der Waals surface area contributed by atoms with Crippen molar-refractivity contribution in [3.8, 4) is 0 Å². The number of hydrogen-bond acceptors (Lipinski definition) is 5. The molecule has 0 aliphatic carbocycles. The summed E-state index contributed by atoms with van der Waals surface area (Å²) in [7, 11) is -3.62. The van der Waals surface area contributed by atoms with Gasteiger partial charge in [-0.05, 0) is 44.7 Å². The van der Waals surface area contributed by atoms with E-state index in [0.29, 0.717) is 30.1 Å². The van der Waals surface area contributed by atoms with E-state index in [4.69, 9.17) is 5.73 Å². The van der Waals surface area contributed by atoms with Crippen LogP contribution in [0.4, 0.5) is 0 Å². The number of sulfonamides is 1. The van der Waals surface area contributed by atoms with Crippen molar-refractivity contribution in [3.63, 3.8) is 0 Å². The molecule has 1 unspecified atom stereocenters. The van der Waals surface area contributed by atoms with E-state index in [1.54, 1.807) is 12.1 Å². The fourth-order valence-electron chi connectivity index (χ4n) is 2.84. The van der Waals surface area contributed by atoms with Crippen LogP contribution in [-0.4, -0.2) is 43.3 Å². The van der Waals surface area contributed by atoms with Gasteiger partial charge in [0.2, 0.25) is 5.91 Å². The van der Waals surface area contributed by atoms with Crippen LogP contribution < -0.4 is 11.1 Å². The van der Waals surface area contributed by atoms with Crippen LogP contribution in [0.15, 0.2) is 16.3 Å². The smallest absolute Gasteiger partial charge is 0.253 e.